The van der Waals surface area contributed by atoms with E-state index in [0.29, 0.717) is 49.9 Å². The highest BCUT2D eigenvalue weighted by Crippen LogP contribution is 2.37. The minimum atomic E-state index is -0.478. The molecule has 2 aromatic rings. The number of benzene rings is 1. The molecule has 11 heteroatoms. The van der Waals surface area contributed by atoms with Crippen molar-refractivity contribution in [2.75, 3.05) is 63.8 Å². The Balaban J connectivity index is 1.89. The molecule has 0 unspecified atom stereocenters. The Morgan fingerprint density at radius 3 is 2.59 bits per heavy atom. The maximum atomic E-state index is 11.9. The van der Waals surface area contributed by atoms with Crippen LogP contribution in [0, 0.1) is 10.1 Å². The van der Waals surface area contributed by atoms with Gasteiger partial charge < -0.3 is 24.8 Å². The van der Waals surface area contributed by atoms with Crippen molar-refractivity contribution in [2.45, 2.75) is 0 Å². The third-order valence-corrected chi connectivity index (χ3v) is 4.74. The first-order chi connectivity index (χ1) is 14.1. The van der Waals surface area contributed by atoms with Crippen molar-refractivity contribution in [3.05, 3.63) is 34.6 Å². The fraction of sp³-hybridized carbons (Fsp3) is 0.444. The van der Waals surface area contributed by atoms with Crippen molar-refractivity contribution in [1.29, 1.82) is 0 Å². The summed E-state index contributed by atoms with van der Waals surface area (Å²) in [4.78, 5) is 23.6. The first-order valence-corrected chi connectivity index (χ1v) is 9.14. The first-order valence-electron chi connectivity index (χ1n) is 9.14. The number of β-amino-alcohol motifs (C(OH)–C–C–N with tert-alkyl or cyclic N) is 1. The summed E-state index contributed by atoms with van der Waals surface area (Å²) in [5.41, 5.74) is 0.329. The molecule has 1 saturated heterocycles. The van der Waals surface area contributed by atoms with Gasteiger partial charge in [-0.05, 0) is 12.1 Å². The maximum Gasteiger partial charge on any atom is 0.353 e. The average Bonchev–Trinajstić information content (AvgIpc) is 2.74. The van der Waals surface area contributed by atoms with Crippen LogP contribution in [0.2, 0.25) is 0 Å². The summed E-state index contributed by atoms with van der Waals surface area (Å²) in [6.07, 6.45) is 1.31. The van der Waals surface area contributed by atoms with E-state index in [9.17, 15) is 10.1 Å². The number of rotatable bonds is 8. The summed E-state index contributed by atoms with van der Waals surface area (Å²) in [7, 11) is 3.05. The Morgan fingerprint density at radius 2 is 1.97 bits per heavy atom. The molecule has 156 valence electrons. The van der Waals surface area contributed by atoms with Crippen LogP contribution in [0.25, 0.3) is 0 Å². The first kappa shape index (κ1) is 20.6. The monoisotopic (exact) mass is 404 g/mol. The van der Waals surface area contributed by atoms with Gasteiger partial charge in [-0.3, -0.25) is 15.0 Å². The van der Waals surface area contributed by atoms with Crippen molar-refractivity contribution in [1.82, 2.24) is 14.9 Å². The highest BCUT2D eigenvalue weighted by atomic mass is 16.6. The second-order valence-electron chi connectivity index (χ2n) is 6.40. The van der Waals surface area contributed by atoms with Crippen molar-refractivity contribution in [2.24, 2.45) is 0 Å². The second kappa shape index (κ2) is 9.34. The topological polar surface area (TPSA) is 126 Å². The molecule has 0 radical (unpaired) electrons. The number of hydrogen-bond donors (Lipinski definition) is 2. The summed E-state index contributed by atoms with van der Waals surface area (Å²) in [6, 6.07) is 5.10. The van der Waals surface area contributed by atoms with Gasteiger partial charge in [0.2, 0.25) is 11.6 Å². The third kappa shape index (κ3) is 4.63. The van der Waals surface area contributed by atoms with Crippen LogP contribution in [0.5, 0.6) is 11.5 Å². The molecule has 0 aliphatic carbocycles. The molecule has 1 aliphatic rings. The number of aliphatic hydroxyl groups is 1. The van der Waals surface area contributed by atoms with Gasteiger partial charge >= 0.3 is 5.69 Å². The summed E-state index contributed by atoms with van der Waals surface area (Å²) in [5.74, 6) is 1.42. The van der Waals surface area contributed by atoms with Gasteiger partial charge in [0.25, 0.3) is 0 Å². The number of piperazine rings is 1. The van der Waals surface area contributed by atoms with Gasteiger partial charge in [0.15, 0.2) is 0 Å². The molecule has 0 bridgehead atoms. The van der Waals surface area contributed by atoms with Crippen LogP contribution in [0.4, 0.5) is 23.0 Å². The molecule has 2 N–H and O–H groups in total. The molecule has 0 amide bonds. The quantitative estimate of drug-likeness (QED) is 0.490. The van der Waals surface area contributed by atoms with Gasteiger partial charge in [-0.15, -0.1) is 0 Å². The van der Waals surface area contributed by atoms with Gasteiger partial charge in [0.05, 0.1) is 31.4 Å². The summed E-state index contributed by atoms with van der Waals surface area (Å²) in [5, 5.41) is 23.9. The number of nitro groups is 1. The van der Waals surface area contributed by atoms with Crippen LogP contribution in [0.15, 0.2) is 24.5 Å². The van der Waals surface area contributed by atoms with Crippen LogP contribution in [-0.4, -0.2) is 78.4 Å². The molecule has 1 aliphatic heterocycles. The third-order valence-electron chi connectivity index (χ3n) is 4.74. The number of ether oxygens (including phenoxy) is 2. The van der Waals surface area contributed by atoms with Gasteiger partial charge in [0, 0.05) is 38.8 Å². The van der Waals surface area contributed by atoms with E-state index >= 15 is 0 Å². The second-order valence-corrected chi connectivity index (χ2v) is 6.40. The lowest BCUT2D eigenvalue weighted by Crippen LogP contribution is -2.47. The Labute approximate surface area is 168 Å². The molecule has 0 spiro atoms. The minimum absolute atomic E-state index is 0.0845. The zero-order valence-electron chi connectivity index (χ0n) is 16.4. The number of nitrogens with zero attached hydrogens (tertiary/aromatic N) is 5. The Morgan fingerprint density at radius 1 is 1.21 bits per heavy atom. The van der Waals surface area contributed by atoms with Crippen molar-refractivity contribution >= 4 is 23.0 Å². The zero-order chi connectivity index (χ0) is 20.8. The normalized spacial score (nSPS) is 14.5. The molecule has 29 heavy (non-hydrogen) atoms. The van der Waals surface area contributed by atoms with Crippen molar-refractivity contribution < 1.29 is 19.5 Å². The Kier molecular flexibility index (Phi) is 6.62. The lowest BCUT2D eigenvalue weighted by Gasteiger charge is -2.34. The molecule has 0 saturated carbocycles. The van der Waals surface area contributed by atoms with Gasteiger partial charge in [-0.1, -0.05) is 0 Å². The SMILES string of the molecule is COc1ccc(Nc2ncnc(N3CCN(CCO)CC3)c2[N+](=O)[O-])c(OC)c1. The lowest BCUT2D eigenvalue weighted by molar-refractivity contribution is -0.383. The van der Waals surface area contributed by atoms with Gasteiger partial charge in [0.1, 0.15) is 17.8 Å². The molecule has 1 aromatic carbocycles. The zero-order valence-corrected chi connectivity index (χ0v) is 16.4. The summed E-state index contributed by atoms with van der Waals surface area (Å²) in [6.45, 7) is 3.20. The molecular formula is C18H24N6O5. The number of nitrogens with one attached hydrogen (secondary N) is 1. The van der Waals surface area contributed by atoms with E-state index < -0.39 is 4.92 Å². The van der Waals surface area contributed by atoms with E-state index in [4.69, 9.17) is 14.6 Å². The maximum absolute atomic E-state index is 11.9. The Hall–Kier alpha value is -3.18. The standard InChI is InChI=1S/C18H24N6O5/c1-28-13-3-4-14(15(11-13)29-2)21-17-16(24(26)27)18(20-12-19-17)23-7-5-22(6-8-23)9-10-25/h3-4,11-12,25H,5-10H2,1-2H3,(H,19,20,21). The molecular weight excluding hydrogens is 380 g/mol. The van der Waals surface area contributed by atoms with Gasteiger partial charge in [-0.25, -0.2) is 9.97 Å². The van der Waals surface area contributed by atoms with Crippen LogP contribution in [0.1, 0.15) is 0 Å². The predicted octanol–water partition coefficient (Wildman–Crippen LogP) is 1.26. The summed E-state index contributed by atoms with van der Waals surface area (Å²) >= 11 is 0. The van der Waals surface area contributed by atoms with Crippen molar-refractivity contribution in [3.8, 4) is 11.5 Å². The van der Waals surface area contributed by atoms with Crippen LogP contribution >= 0.6 is 0 Å². The molecule has 1 aromatic heterocycles. The van der Waals surface area contributed by atoms with E-state index in [-0.39, 0.29) is 23.9 Å². The smallest absolute Gasteiger partial charge is 0.353 e. The average molecular weight is 404 g/mol. The van der Waals surface area contributed by atoms with E-state index in [1.807, 2.05) is 4.90 Å². The van der Waals surface area contributed by atoms with Crippen molar-refractivity contribution in [3.63, 3.8) is 0 Å². The molecule has 1 fully saturated rings. The largest absolute Gasteiger partial charge is 0.497 e. The molecule has 0 atom stereocenters. The molecule has 11 nitrogen and oxygen atoms in total. The highest BCUT2D eigenvalue weighted by Gasteiger charge is 2.29. The number of aromatic nitrogens is 2. The van der Waals surface area contributed by atoms with Crippen LogP contribution in [-0.2, 0) is 0 Å². The number of aliphatic hydroxyl groups excluding tert-OH is 1. The summed E-state index contributed by atoms with van der Waals surface area (Å²) < 4.78 is 10.5. The van der Waals surface area contributed by atoms with E-state index in [0.717, 1.165) is 0 Å². The lowest BCUT2D eigenvalue weighted by atomic mass is 10.2. The molecule has 3 rings (SSSR count). The van der Waals surface area contributed by atoms with Crippen LogP contribution in [0.3, 0.4) is 0 Å². The minimum Gasteiger partial charge on any atom is -0.497 e. The van der Waals surface area contributed by atoms with E-state index in [1.54, 1.807) is 25.3 Å². The number of methoxy groups -OCH3 is 2. The molecule has 2 heterocycles. The fourth-order valence-corrected chi connectivity index (χ4v) is 3.21. The Bertz CT molecular complexity index is 857. The predicted molar refractivity (Wildman–Crippen MR) is 107 cm³/mol. The van der Waals surface area contributed by atoms with E-state index in [2.05, 4.69) is 20.2 Å². The fourth-order valence-electron chi connectivity index (χ4n) is 3.21. The van der Waals surface area contributed by atoms with Gasteiger partial charge in [-0.2, -0.15) is 0 Å². The number of hydrogen-bond acceptors (Lipinski definition) is 10. The highest BCUT2D eigenvalue weighted by molar-refractivity contribution is 5.76. The number of anilines is 3. The van der Waals surface area contributed by atoms with Crippen LogP contribution < -0.4 is 19.7 Å². The van der Waals surface area contributed by atoms with E-state index in [1.165, 1.54) is 13.4 Å².